The number of nitrogens with one attached hydrogen (secondary N) is 2. The summed E-state index contributed by atoms with van der Waals surface area (Å²) in [7, 11) is -3.76. The van der Waals surface area contributed by atoms with Crippen molar-refractivity contribution >= 4 is 31.6 Å². The van der Waals surface area contributed by atoms with Crippen molar-refractivity contribution in [3.8, 4) is 0 Å². The molecular weight excluding hydrogens is 337 g/mol. The molecule has 2 N–H and O–H groups in total. The van der Waals surface area contributed by atoms with Crippen LogP contribution in [0.25, 0.3) is 0 Å². The molecule has 2 aromatic rings. The molecular formula is C11H11BrFN3O2S. The zero-order chi connectivity index (χ0) is 14.2. The fourth-order valence-electron chi connectivity index (χ4n) is 1.49. The van der Waals surface area contributed by atoms with Gasteiger partial charge in [0.25, 0.3) is 10.0 Å². The van der Waals surface area contributed by atoms with E-state index in [9.17, 15) is 12.8 Å². The number of imidazole rings is 1. The number of H-pyrrole nitrogens is 1. The van der Waals surface area contributed by atoms with Crippen molar-refractivity contribution in [2.45, 2.75) is 18.9 Å². The first-order valence-corrected chi connectivity index (χ1v) is 7.57. The third kappa shape index (κ3) is 2.95. The summed E-state index contributed by atoms with van der Waals surface area (Å²) in [6.07, 6.45) is 1.23. The van der Waals surface area contributed by atoms with Crippen LogP contribution < -0.4 is 4.72 Å². The molecule has 0 fully saturated rings. The van der Waals surface area contributed by atoms with Gasteiger partial charge in [0.15, 0.2) is 5.03 Å². The minimum absolute atomic E-state index is 0.0372. The highest BCUT2D eigenvalue weighted by atomic mass is 79.9. The van der Waals surface area contributed by atoms with Gasteiger partial charge in [-0.2, -0.15) is 8.42 Å². The fourth-order valence-corrected chi connectivity index (χ4v) is 2.93. The van der Waals surface area contributed by atoms with Crippen LogP contribution in [0.5, 0.6) is 0 Å². The number of aryl methyl sites for hydroxylation is 2. The number of anilines is 1. The van der Waals surface area contributed by atoms with E-state index in [0.717, 1.165) is 0 Å². The van der Waals surface area contributed by atoms with Gasteiger partial charge in [-0.3, -0.25) is 4.72 Å². The first-order chi connectivity index (χ1) is 8.79. The second-order valence-corrected chi connectivity index (χ2v) is 6.52. The molecule has 1 aromatic heterocycles. The van der Waals surface area contributed by atoms with E-state index in [0.29, 0.717) is 17.1 Å². The van der Waals surface area contributed by atoms with Gasteiger partial charge in [-0.15, -0.1) is 0 Å². The van der Waals surface area contributed by atoms with E-state index < -0.39 is 15.8 Å². The molecule has 0 radical (unpaired) electrons. The summed E-state index contributed by atoms with van der Waals surface area (Å²) in [4.78, 5) is 6.47. The zero-order valence-electron chi connectivity index (χ0n) is 10.2. The SMILES string of the molecule is Cc1ncc(S(=O)(=O)Nc2cc(Br)c(F)cc2C)[nH]1. The lowest BCUT2D eigenvalue weighted by Gasteiger charge is -2.10. The third-order valence-electron chi connectivity index (χ3n) is 2.48. The number of hydrogen-bond donors (Lipinski definition) is 2. The van der Waals surface area contributed by atoms with Crippen LogP contribution >= 0.6 is 15.9 Å². The number of benzene rings is 1. The first-order valence-electron chi connectivity index (χ1n) is 5.29. The van der Waals surface area contributed by atoms with Gasteiger partial charge >= 0.3 is 0 Å². The van der Waals surface area contributed by atoms with Crippen molar-refractivity contribution in [3.05, 3.63) is 40.0 Å². The van der Waals surface area contributed by atoms with Gasteiger partial charge in [0.1, 0.15) is 11.6 Å². The van der Waals surface area contributed by atoms with E-state index in [1.165, 1.54) is 18.3 Å². The quantitative estimate of drug-likeness (QED) is 0.896. The van der Waals surface area contributed by atoms with Gasteiger partial charge < -0.3 is 4.98 Å². The average Bonchev–Trinajstić information content (AvgIpc) is 2.73. The molecule has 0 saturated heterocycles. The molecule has 0 amide bonds. The molecule has 1 heterocycles. The van der Waals surface area contributed by atoms with Gasteiger partial charge in [0, 0.05) is 0 Å². The molecule has 0 spiro atoms. The normalized spacial score (nSPS) is 11.6. The number of aromatic nitrogens is 2. The third-order valence-corrected chi connectivity index (χ3v) is 4.36. The minimum Gasteiger partial charge on any atom is -0.332 e. The Kier molecular flexibility index (Phi) is 3.64. The maximum Gasteiger partial charge on any atom is 0.278 e. The van der Waals surface area contributed by atoms with Crippen LogP contribution in [0.4, 0.5) is 10.1 Å². The summed E-state index contributed by atoms with van der Waals surface area (Å²) < 4.78 is 40.0. The van der Waals surface area contributed by atoms with Crippen LogP contribution in [0.3, 0.4) is 0 Å². The monoisotopic (exact) mass is 347 g/mol. The fraction of sp³-hybridized carbons (Fsp3) is 0.182. The Morgan fingerprint density at radius 1 is 1.37 bits per heavy atom. The molecule has 8 heteroatoms. The Labute approximate surface area is 118 Å². The van der Waals surface area contributed by atoms with E-state index in [1.807, 2.05) is 0 Å². The van der Waals surface area contributed by atoms with E-state index in [2.05, 4.69) is 30.6 Å². The highest BCUT2D eigenvalue weighted by Crippen LogP contribution is 2.26. The second kappa shape index (κ2) is 4.93. The van der Waals surface area contributed by atoms with Crippen LogP contribution in [0.1, 0.15) is 11.4 Å². The second-order valence-electron chi connectivity index (χ2n) is 4.02. The number of sulfonamides is 1. The van der Waals surface area contributed by atoms with E-state index in [-0.39, 0.29) is 9.50 Å². The molecule has 2 rings (SSSR count). The summed E-state index contributed by atoms with van der Waals surface area (Å²) in [5.74, 6) is 0.0511. The molecule has 5 nitrogen and oxygen atoms in total. The molecule has 0 saturated carbocycles. The molecule has 1 aromatic carbocycles. The summed E-state index contributed by atoms with van der Waals surface area (Å²) >= 11 is 3.02. The Bertz CT molecular complexity index is 728. The summed E-state index contributed by atoms with van der Waals surface area (Å²) in [6.45, 7) is 3.27. The summed E-state index contributed by atoms with van der Waals surface area (Å²) in [6, 6.07) is 2.63. The van der Waals surface area contributed by atoms with Crippen molar-refractivity contribution in [1.82, 2.24) is 9.97 Å². The lowest BCUT2D eigenvalue weighted by molar-refractivity contribution is 0.597. The van der Waals surface area contributed by atoms with Crippen molar-refractivity contribution in [3.63, 3.8) is 0 Å². The van der Waals surface area contributed by atoms with Crippen molar-refractivity contribution in [2.24, 2.45) is 0 Å². The topological polar surface area (TPSA) is 74.8 Å². The Morgan fingerprint density at radius 2 is 2.05 bits per heavy atom. The van der Waals surface area contributed by atoms with Crippen LogP contribution in [-0.2, 0) is 10.0 Å². The molecule has 19 heavy (non-hydrogen) atoms. The Hall–Kier alpha value is -1.41. The first kappa shape index (κ1) is 14.0. The van der Waals surface area contributed by atoms with Crippen LogP contribution in [0.15, 0.2) is 27.8 Å². The van der Waals surface area contributed by atoms with E-state index >= 15 is 0 Å². The van der Waals surface area contributed by atoms with Crippen molar-refractivity contribution in [1.29, 1.82) is 0 Å². The largest absolute Gasteiger partial charge is 0.332 e. The maximum absolute atomic E-state index is 13.3. The van der Waals surface area contributed by atoms with Gasteiger partial charge in [-0.1, -0.05) is 0 Å². The Morgan fingerprint density at radius 3 is 2.63 bits per heavy atom. The molecule has 0 bridgehead atoms. The summed E-state index contributed by atoms with van der Waals surface area (Å²) in [5, 5.41) is -0.0372. The summed E-state index contributed by atoms with van der Waals surface area (Å²) in [5.41, 5.74) is 0.793. The lowest BCUT2D eigenvalue weighted by atomic mass is 10.2. The average molecular weight is 348 g/mol. The van der Waals surface area contributed by atoms with Gasteiger partial charge in [0.05, 0.1) is 16.4 Å². The van der Waals surface area contributed by atoms with Gasteiger partial charge in [-0.25, -0.2) is 9.37 Å². The number of hydrogen-bond acceptors (Lipinski definition) is 3. The van der Waals surface area contributed by atoms with Gasteiger partial charge in [-0.05, 0) is 47.5 Å². The van der Waals surface area contributed by atoms with E-state index in [1.54, 1.807) is 13.8 Å². The van der Waals surface area contributed by atoms with Crippen molar-refractivity contribution in [2.75, 3.05) is 4.72 Å². The highest BCUT2D eigenvalue weighted by Gasteiger charge is 2.18. The molecule has 0 aliphatic heterocycles. The lowest BCUT2D eigenvalue weighted by Crippen LogP contribution is -2.14. The minimum atomic E-state index is -3.76. The van der Waals surface area contributed by atoms with Gasteiger partial charge in [0.2, 0.25) is 0 Å². The van der Waals surface area contributed by atoms with Crippen LogP contribution in [0, 0.1) is 19.7 Å². The van der Waals surface area contributed by atoms with E-state index in [4.69, 9.17) is 0 Å². The molecule has 0 aliphatic rings. The zero-order valence-corrected chi connectivity index (χ0v) is 12.6. The van der Waals surface area contributed by atoms with Crippen molar-refractivity contribution < 1.29 is 12.8 Å². The molecule has 0 atom stereocenters. The number of rotatable bonds is 3. The maximum atomic E-state index is 13.3. The predicted molar refractivity (Wildman–Crippen MR) is 73.0 cm³/mol. The molecule has 0 unspecified atom stereocenters. The smallest absolute Gasteiger partial charge is 0.278 e. The standard InChI is InChI=1S/C11H11BrFN3O2S/c1-6-3-9(13)8(12)4-10(6)16-19(17,18)11-5-14-7(2)15-11/h3-5,16H,1-2H3,(H,14,15). The molecule has 102 valence electrons. The van der Waals surface area contributed by atoms with Crippen LogP contribution in [0.2, 0.25) is 0 Å². The number of halogens is 2. The highest BCUT2D eigenvalue weighted by molar-refractivity contribution is 9.10. The van der Waals surface area contributed by atoms with Crippen LogP contribution in [-0.4, -0.2) is 18.4 Å². The predicted octanol–water partition coefficient (Wildman–Crippen LogP) is 2.73. The Balaban J connectivity index is 2.38. The number of aromatic amines is 1. The number of nitrogens with zero attached hydrogens (tertiary/aromatic N) is 1. The molecule has 0 aliphatic carbocycles.